The molecule has 4 rings (SSSR count). The highest BCUT2D eigenvalue weighted by atomic mass is 35.5. The van der Waals surface area contributed by atoms with Crippen LogP contribution in [0.1, 0.15) is 22.9 Å². The van der Waals surface area contributed by atoms with Crippen molar-refractivity contribution in [1.29, 1.82) is 0 Å². The first kappa shape index (κ1) is 22.9. The molecule has 1 amide bonds. The molecule has 0 radical (unpaired) electrons. The number of hydrogen-bond donors (Lipinski definition) is 1. The Hall–Kier alpha value is -3.29. The zero-order chi connectivity index (χ0) is 23.2. The van der Waals surface area contributed by atoms with Gasteiger partial charge in [0.05, 0.1) is 23.6 Å². The molecule has 2 heterocycles. The number of allylic oxidation sites excluding steroid dienone is 1. The molecule has 0 aliphatic rings. The number of rotatable bonds is 9. The van der Waals surface area contributed by atoms with Crippen molar-refractivity contribution in [1.82, 2.24) is 20.1 Å². The van der Waals surface area contributed by atoms with E-state index in [9.17, 15) is 4.79 Å². The third kappa shape index (κ3) is 5.38. The number of nitrogens with zero attached hydrogens (tertiary/aromatic N) is 3. The Morgan fingerprint density at radius 2 is 1.88 bits per heavy atom. The van der Waals surface area contributed by atoms with E-state index in [2.05, 4.69) is 22.1 Å². The van der Waals surface area contributed by atoms with Gasteiger partial charge < -0.3 is 9.73 Å². The second kappa shape index (κ2) is 10.6. The van der Waals surface area contributed by atoms with Crippen LogP contribution in [0.5, 0.6) is 0 Å². The van der Waals surface area contributed by atoms with Crippen LogP contribution in [-0.2, 0) is 11.3 Å². The smallest absolute Gasteiger partial charge is 0.231 e. The number of amides is 1. The first-order chi connectivity index (χ1) is 16.1. The van der Waals surface area contributed by atoms with E-state index in [0.717, 1.165) is 22.5 Å². The van der Waals surface area contributed by atoms with E-state index in [-0.39, 0.29) is 17.7 Å². The van der Waals surface area contributed by atoms with Gasteiger partial charge in [0.15, 0.2) is 11.0 Å². The van der Waals surface area contributed by atoms with Crippen LogP contribution < -0.4 is 5.32 Å². The summed E-state index contributed by atoms with van der Waals surface area (Å²) in [6, 6.07) is 18.9. The first-order valence-electron chi connectivity index (χ1n) is 10.4. The number of benzene rings is 2. The maximum atomic E-state index is 12.9. The molecular weight excluding hydrogens is 456 g/mol. The van der Waals surface area contributed by atoms with Crippen LogP contribution in [0.3, 0.4) is 0 Å². The van der Waals surface area contributed by atoms with Gasteiger partial charge in [-0.3, -0.25) is 9.36 Å². The largest absolute Gasteiger partial charge is 0.469 e. The highest BCUT2D eigenvalue weighted by molar-refractivity contribution is 7.99. The van der Waals surface area contributed by atoms with Crippen molar-refractivity contribution in [2.45, 2.75) is 24.7 Å². The topological polar surface area (TPSA) is 73.0 Å². The molecule has 0 aliphatic carbocycles. The Morgan fingerprint density at radius 3 is 2.55 bits per heavy atom. The van der Waals surface area contributed by atoms with Gasteiger partial charge in [-0.15, -0.1) is 16.8 Å². The minimum Gasteiger partial charge on any atom is -0.469 e. The van der Waals surface area contributed by atoms with E-state index in [1.54, 1.807) is 12.3 Å². The van der Waals surface area contributed by atoms with Gasteiger partial charge in [0.2, 0.25) is 5.91 Å². The number of carbonyl (C=O) groups excluding carboxylic acids is 1. The molecule has 0 bridgehead atoms. The average molecular weight is 479 g/mol. The first-order valence-corrected chi connectivity index (χ1v) is 11.7. The van der Waals surface area contributed by atoms with E-state index in [1.165, 1.54) is 11.8 Å². The van der Waals surface area contributed by atoms with E-state index in [1.807, 2.05) is 72.2 Å². The molecule has 0 saturated carbocycles. The highest BCUT2D eigenvalue weighted by Crippen LogP contribution is 2.28. The molecule has 33 heavy (non-hydrogen) atoms. The van der Waals surface area contributed by atoms with E-state index >= 15 is 0 Å². The van der Waals surface area contributed by atoms with Crippen molar-refractivity contribution in [3.8, 4) is 11.4 Å². The monoisotopic (exact) mass is 478 g/mol. The third-order valence-electron chi connectivity index (χ3n) is 5.10. The maximum absolute atomic E-state index is 12.9. The summed E-state index contributed by atoms with van der Waals surface area (Å²) in [4.78, 5) is 12.9. The van der Waals surface area contributed by atoms with Crippen molar-refractivity contribution in [3.05, 3.63) is 101 Å². The van der Waals surface area contributed by atoms with Gasteiger partial charge in [-0.05, 0) is 36.2 Å². The number of halogens is 1. The lowest BCUT2D eigenvalue weighted by Crippen LogP contribution is -2.30. The summed E-state index contributed by atoms with van der Waals surface area (Å²) >= 11 is 7.39. The zero-order valence-corrected chi connectivity index (χ0v) is 19.6. The number of hydrogen-bond acceptors (Lipinski definition) is 5. The number of aryl methyl sites for hydroxylation is 1. The van der Waals surface area contributed by atoms with Crippen LogP contribution in [0.25, 0.3) is 11.4 Å². The zero-order valence-electron chi connectivity index (χ0n) is 18.1. The van der Waals surface area contributed by atoms with Crippen LogP contribution in [0.2, 0.25) is 5.02 Å². The minimum absolute atomic E-state index is 0.113. The fraction of sp³-hybridized carbons (Fsp3) is 0.160. The molecule has 2 aromatic carbocycles. The average Bonchev–Trinajstić information content (AvgIpc) is 3.43. The van der Waals surface area contributed by atoms with Crippen LogP contribution in [-0.4, -0.2) is 26.4 Å². The lowest BCUT2D eigenvalue weighted by molar-refractivity contribution is -0.119. The molecule has 0 saturated heterocycles. The summed E-state index contributed by atoms with van der Waals surface area (Å²) in [6.07, 6.45) is 3.40. The van der Waals surface area contributed by atoms with Gasteiger partial charge in [-0.1, -0.05) is 71.9 Å². The molecule has 168 valence electrons. The molecule has 0 spiro atoms. The summed E-state index contributed by atoms with van der Waals surface area (Å²) < 4.78 is 7.34. The standard InChI is InChI=1S/C25H23ClN4O2S/c1-3-14-30-24(21-13-15-32-17(21)2)28-29-25(30)33-16-22(31)27-23(18-7-5-4-6-8-18)19-9-11-20(26)12-10-19/h3-13,15,23H,1,14,16H2,2H3,(H,27,31). The molecule has 1 atom stereocenters. The van der Waals surface area contributed by atoms with Crippen LogP contribution in [0.4, 0.5) is 0 Å². The Labute approximate surface area is 201 Å². The lowest BCUT2D eigenvalue weighted by atomic mass is 9.99. The molecule has 4 aromatic rings. The Balaban J connectivity index is 1.51. The van der Waals surface area contributed by atoms with Gasteiger partial charge in [0, 0.05) is 11.6 Å². The fourth-order valence-electron chi connectivity index (χ4n) is 3.50. The molecule has 2 aromatic heterocycles. The molecule has 6 nitrogen and oxygen atoms in total. The summed E-state index contributed by atoms with van der Waals surface area (Å²) in [6.45, 7) is 6.23. The molecule has 0 fully saturated rings. The second-order valence-corrected chi connectivity index (χ2v) is 8.73. The number of carbonyl (C=O) groups is 1. The fourth-order valence-corrected chi connectivity index (χ4v) is 4.38. The van der Waals surface area contributed by atoms with Crippen molar-refractivity contribution in [2.75, 3.05) is 5.75 Å². The van der Waals surface area contributed by atoms with Crippen molar-refractivity contribution in [3.63, 3.8) is 0 Å². The SMILES string of the molecule is C=CCn1c(SCC(=O)NC(c2ccccc2)c2ccc(Cl)cc2)nnc1-c1ccoc1C. The van der Waals surface area contributed by atoms with E-state index in [4.69, 9.17) is 16.0 Å². The van der Waals surface area contributed by atoms with Crippen LogP contribution >= 0.6 is 23.4 Å². The van der Waals surface area contributed by atoms with Crippen molar-refractivity contribution in [2.24, 2.45) is 0 Å². The van der Waals surface area contributed by atoms with Crippen molar-refractivity contribution < 1.29 is 9.21 Å². The molecule has 1 unspecified atom stereocenters. The van der Waals surface area contributed by atoms with E-state index < -0.39 is 0 Å². The molecule has 8 heteroatoms. The molecule has 1 N–H and O–H groups in total. The summed E-state index contributed by atoms with van der Waals surface area (Å²) in [5.41, 5.74) is 2.81. The predicted octanol–water partition coefficient (Wildman–Crippen LogP) is 5.68. The molecular formula is C25H23ClN4O2S. The summed E-state index contributed by atoms with van der Waals surface area (Å²) in [5.74, 6) is 1.53. The summed E-state index contributed by atoms with van der Waals surface area (Å²) in [5, 5.41) is 13.1. The Kier molecular flexibility index (Phi) is 7.32. The maximum Gasteiger partial charge on any atom is 0.231 e. The highest BCUT2D eigenvalue weighted by Gasteiger charge is 2.20. The number of aromatic nitrogens is 3. The van der Waals surface area contributed by atoms with Gasteiger partial charge in [0.25, 0.3) is 0 Å². The van der Waals surface area contributed by atoms with Gasteiger partial charge >= 0.3 is 0 Å². The normalized spacial score (nSPS) is 11.8. The number of thioether (sulfide) groups is 1. The molecule has 0 aliphatic heterocycles. The summed E-state index contributed by atoms with van der Waals surface area (Å²) in [7, 11) is 0. The van der Waals surface area contributed by atoms with Crippen LogP contribution in [0.15, 0.2) is 89.2 Å². The van der Waals surface area contributed by atoms with Gasteiger partial charge in [-0.25, -0.2) is 0 Å². The quantitative estimate of drug-likeness (QED) is 0.247. The predicted molar refractivity (Wildman–Crippen MR) is 131 cm³/mol. The van der Waals surface area contributed by atoms with Gasteiger partial charge in [0.1, 0.15) is 5.76 Å². The van der Waals surface area contributed by atoms with E-state index in [0.29, 0.717) is 22.5 Å². The van der Waals surface area contributed by atoms with Gasteiger partial charge in [-0.2, -0.15) is 0 Å². The lowest BCUT2D eigenvalue weighted by Gasteiger charge is -2.20. The minimum atomic E-state index is -0.285. The Bertz CT molecular complexity index is 1240. The second-order valence-electron chi connectivity index (χ2n) is 7.35. The number of furan rings is 1. The van der Waals surface area contributed by atoms with Crippen LogP contribution in [0, 0.1) is 6.92 Å². The third-order valence-corrected chi connectivity index (χ3v) is 6.32. The number of nitrogens with one attached hydrogen (secondary N) is 1. The van der Waals surface area contributed by atoms with Crippen molar-refractivity contribution >= 4 is 29.3 Å². The Morgan fingerprint density at radius 1 is 1.15 bits per heavy atom.